The molecule has 15 heavy (non-hydrogen) atoms. The van der Waals surface area contributed by atoms with Crippen LogP contribution in [-0.2, 0) is 0 Å². The molecular formula is C14H32Si. The Morgan fingerprint density at radius 3 is 1.27 bits per heavy atom. The van der Waals surface area contributed by atoms with Crippen molar-refractivity contribution in [3.05, 3.63) is 0 Å². The molecule has 92 valence electrons. The highest BCUT2D eigenvalue weighted by molar-refractivity contribution is 6.82. The van der Waals surface area contributed by atoms with Gasteiger partial charge in [-0.25, -0.2) is 0 Å². The highest BCUT2D eigenvalue weighted by Crippen LogP contribution is 2.49. The van der Waals surface area contributed by atoms with Crippen molar-refractivity contribution in [2.45, 2.75) is 90.4 Å². The molecule has 0 bridgehead atoms. The van der Waals surface area contributed by atoms with Gasteiger partial charge in [-0.3, -0.25) is 0 Å². The smallest absolute Gasteiger partial charge is 0.0592 e. The van der Waals surface area contributed by atoms with Gasteiger partial charge in [0.15, 0.2) is 0 Å². The Morgan fingerprint density at radius 2 is 1.07 bits per heavy atom. The summed E-state index contributed by atoms with van der Waals surface area (Å²) in [4.78, 5) is 0. The van der Waals surface area contributed by atoms with Gasteiger partial charge in [0.05, 0.1) is 8.07 Å². The lowest BCUT2D eigenvalue weighted by Gasteiger charge is -2.45. The summed E-state index contributed by atoms with van der Waals surface area (Å²) in [6.07, 6.45) is 5.57. The third-order valence-electron chi connectivity index (χ3n) is 4.51. The predicted molar refractivity (Wildman–Crippen MR) is 75.4 cm³/mol. The zero-order valence-corrected chi connectivity index (χ0v) is 12.9. The van der Waals surface area contributed by atoms with Crippen LogP contribution in [0.3, 0.4) is 0 Å². The highest BCUT2D eigenvalue weighted by Gasteiger charge is 2.43. The first-order valence-corrected chi connectivity index (χ1v) is 9.61. The molecule has 0 aliphatic heterocycles. The second kappa shape index (κ2) is 6.73. The maximum absolute atomic E-state index is 2.54. The Morgan fingerprint density at radius 1 is 0.733 bits per heavy atom. The summed E-state index contributed by atoms with van der Waals surface area (Å²) in [5, 5.41) is 0.648. The summed E-state index contributed by atoms with van der Waals surface area (Å²) >= 11 is 0. The van der Waals surface area contributed by atoms with Gasteiger partial charge in [0.25, 0.3) is 0 Å². The van der Waals surface area contributed by atoms with Crippen molar-refractivity contribution >= 4 is 8.07 Å². The molecule has 0 fully saturated rings. The molecule has 0 atom stereocenters. The average molecular weight is 228 g/mol. The van der Waals surface area contributed by atoms with Gasteiger partial charge in [-0.1, -0.05) is 85.4 Å². The molecule has 0 aromatic carbocycles. The Bertz CT molecular complexity index is 144. The Hall–Kier alpha value is 0.217. The molecule has 0 N–H and O–H groups in total. The second-order valence-electron chi connectivity index (χ2n) is 5.77. The van der Waals surface area contributed by atoms with Crippen LogP contribution in [0.15, 0.2) is 0 Å². The zero-order chi connectivity index (χ0) is 11.9. The van der Waals surface area contributed by atoms with Gasteiger partial charge in [0.1, 0.15) is 0 Å². The molecule has 0 rings (SSSR count). The first-order chi connectivity index (χ1) is 6.99. The third-order valence-corrected chi connectivity index (χ3v) is 12.1. The fourth-order valence-electron chi connectivity index (χ4n) is 3.20. The topological polar surface area (TPSA) is 0 Å². The van der Waals surface area contributed by atoms with Crippen LogP contribution < -0.4 is 0 Å². The van der Waals surface area contributed by atoms with Crippen LogP contribution in [0.25, 0.3) is 0 Å². The van der Waals surface area contributed by atoms with Gasteiger partial charge < -0.3 is 0 Å². The summed E-state index contributed by atoms with van der Waals surface area (Å²) in [6, 6.07) is 4.65. The summed E-state index contributed by atoms with van der Waals surface area (Å²) < 4.78 is 0. The summed E-state index contributed by atoms with van der Waals surface area (Å²) in [5.74, 6) is 0. The van der Waals surface area contributed by atoms with E-state index < -0.39 is 8.07 Å². The minimum Gasteiger partial charge on any atom is -0.0656 e. The van der Waals surface area contributed by atoms with Crippen LogP contribution in [0.5, 0.6) is 0 Å². The van der Waals surface area contributed by atoms with Crippen molar-refractivity contribution in [3.63, 3.8) is 0 Å². The van der Waals surface area contributed by atoms with Crippen molar-refractivity contribution in [1.29, 1.82) is 0 Å². The van der Waals surface area contributed by atoms with Gasteiger partial charge in [0, 0.05) is 0 Å². The van der Waals surface area contributed by atoms with Crippen molar-refractivity contribution in [1.82, 2.24) is 0 Å². The maximum Gasteiger partial charge on any atom is 0.0592 e. The Labute approximate surface area is 98.9 Å². The molecule has 0 aromatic rings. The lowest BCUT2D eigenvalue weighted by Crippen LogP contribution is -2.44. The minimum absolute atomic E-state index is 0.648. The van der Waals surface area contributed by atoms with E-state index in [1.54, 1.807) is 18.1 Å². The first-order valence-electron chi connectivity index (χ1n) is 6.99. The molecular weight excluding hydrogens is 196 g/mol. The number of rotatable bonds is 8. The van der Waals surface area contributed by atoms with Crippen LogP contribution >= 0.6 is 0 Å². The van der Waals surface area contributed by atoms with Crippen LogP contribution in [0.2, 0.25) is 23.2 Å². The van der Waals surface area contributed by atoms with Crippen LogP contribution in [0.4, 0.5) is 0 Å². The van der Waals surface area contributed by atoms with Gasteiger partial charge in [0.2, 0.25) is 0 Å². The Kier molecular flexibility index (Phi) is 6.82. The fourth-order valence-corrected chi connectivity index (χ4v) is 9.60. The largest absolute Gasteiger partial charge is 0.0656 e. The van der Waals surface area contributed by atoms with E-state index >= 15 is 0 Å². The molecule has 0 aliphatic carbocycles. The molecule has 0 saturated carbocycles. The summed E-state index contributed by atoms with van der Waals surface area (Å²) in [5.41, 5.74) is 0. The molecule has 0 aromatic heterocycles. The molecule has 0 spiro atoms. The standard InChI is InChI=1S/C14H32Si/c1-7-11-15(12-8-2,13-9-3)14(5,6)10-4/h7-13H2,1-6H3. The summed E-state index contributed by atoms with van der Waals surface area (Å²) in [6.45, 7) is 14.6. The molecule has 0 radical (unpaired) electrons. The van der Waals surface area contributed by atoms with Gasteiger partial charge in [-0.2, -0.15) is 0 Å². The van der Waals surface area contributed by atoms with E-state index in [0.29, 0.717) is 5.04 Å². The van der Waals surface area contributed by atoms with Gasteiger partial charge >= 0.3 is 0 Å². The van der Waals surface area contributed by atoms with Gasteiger partial charge in [-0.15, -0.1) is 0 Å². The van der Waals surface area contributed by atoms with E-state index in [2.05, 4.69) is 41.5 Å². The molecule has 0 nitrogen and oxygen atoms in total. The van der Waals surface area contributed by atoms with Crippen molar-refractivity contribution in [3.8, 4) is 0 Å². The van der Waals surface area contributed by atoms with Crippen LogP contribution in [0, 0.1) is 0 Å². The monoisotopic (exact) mass is 228 g/mol. The summed E-state index contributed by atoms with van der Waals surface area (Å²) in [7, 11) is -1.02. The van der Waals surface area contributed by atoms with Crippen molar-refractivity contribution in [2.75, 3.05) is 0 Å². The van der Waals surface area contributed by atoms with E-state index in [-0.39, 0.29) is 0 Å². The average Bonchev–Trinajstić information content (AvgIpc) is 2.18. The van der Waals surface area contributed by atoms with E-state index in [9.17, 15) is 0 Å². The van der Waals surface area contributed by atoms with Gasteiger partial charge in [-0.05, 0) is 5.04 Å². The number of hydrogen-bond donors (Lipinski definition) is 0. The molecule has 0 heterocycles. The van der Waals surface area contributed by atoms with E-state index in [1.807, 2.05) is 0 Å². The second-order valence-corrected chi connectivity index (χ2v) is 11.2. The first kappa shape index (κ1) is 15.2. The third kappa shape index (κ3) is 3.62. The lowest BCUT2D eigenvalue weighted by molar-refractivity contribution is 0.593. The molecule has 0 aliphatic rings. The van der Waals surface area contributed by atoms with Crippen LogP contribution in [-0.4, -0.2) is 8.07 Å². The number of hydrogen-bond acceptors (Lipinski definition) is 0. The minimum atomic E-state index is -1.02. The zero-order valence-electron chi connectivity index (χ0n) is 11.9. The predicted octanol–water partition coefficient (Wildman–Crippen LogP) is 5.86. The fraction of sp³-hybridized carbons (Fsp3) is 1.00. The van der Waals surface area contributed by atoms with Crippen molar-refractivity contribution < 1.29 is 0 Å². The Balaban J connectivity index is 4.90. The molecule has 1 heteroatoms. The normalized spacial score (nSPS) is 13.2. The van der Waals surface area contributed by atoms with Crippen molar-refractivity contribution in [2.24, 2.45) is 0 Å². The maximum atomic E-state index is 2.54. The van der Waals surface area contributed by atoms with E-state index in [0.717, 1.165) is 0 Å². The lowest BCUT2D eigenvalue weighted by atomic mass is 10.1. The SMILES string of the molecule is CCC[Si](CCC)(CCC)C(C)(C)CC. The van der Waals surface area contributed by atoms with E-state index in [1.165, 1.54) is 25.7 Å². The highest BCUT2D eigenvalue weighted by atomic mass is 28.3. The molecule has 0 amide bonds. The quantitative estimate of drug-likeness (QED) is 0.457. The van der Waals surface area contributed by atoms with E-state index in [4.69, 9.17) is 0 Å². The molecule has 0 saturated heterocycles. The van der Waals surface area contributed by atoms with Crippen LogP contribution in [0.1, 0.15) is 67.2 Å². The molecule has 0 unspecified atom stereocenters.